The van der Waals surface area contributed by atoms with Crippen LogP contribution < -0.4 is 10.1 Å². The quantitative estimate of drug-likeness (QED) is 0.550. The number of hydrogen-bond donors (Lipinski definition) is 2. The number of aliphatic hydroxyl groups excluding tert-OH is 1. The Labute approximate surface area is 176 Å². The van der Waals surface area contributed by atoms with E-state index in [2.05, 4.69) is 27.2 Å². The molecule has 0 aromatic heterocycles. The van der Waals surface area contributed by atoms with Crippen LogP contribution in [0.3, 0.4) is 0 Å². The van der Waals surface area contributed by atoms with Crippen LogP contribution in [-0.2, 0) is 11.3 Å². The van der Waals surface area contributed by atoms with Crippen LogP contribution in [0, 0.1) is 0 Å². The summed E-state index contributed by atoms with van der Waals surface area (Å²) in [5.74, 6) is 0.840. The van der Waals surface area contributed by atoms with Crippen LogP contribution in [0.25, 0.3) is 0 Å². The number of likely N-dealkylation sites (tertiary alicyclic amines) is 1. The van der Waals surface area contributed by atoms with Gasteiger partial charge in [0.05, 0.1) is 13.2 Å². The average Bonchev–Trinajstić information content (AvgIpc) is 3.02. The number of morpholine rings is 1. The Balaban J connectivity index is 1.30. The van der Waals surface area contributed by atoms with E-state index in [1.165, 1.54) is 31.2 Å². The maximum absolute atomic E-state index is 10.3. The first-order valence-electron chi connectivity index (χ1n) is 11.4. The van der Waals surface area contributed by atoms with E-state index in [0.29, 0.717) is 13.2 Å². The fourth-order valence-electron chi connectivity index (χ4n) is 4.09. The lowest BCUT2D eigenvalue weighted by Crippen LogP contribution is -2.37. The van der Waals surface area contributed by atoms with Gasteiger partial charge in [-0.15, -0.1) is 0 Å². The van der Waals surface area contributed by atoms with Gasteiger partial charge in [0.15, 0.2) is 0 Å². The van der Waals surface area contributed by atoms with Gasteiger partial charge in [0.1, 0.15) is 18.5 Å². The second-order valence-corrected chi connectivity index (χ2v) is 8.31. The van der Waals surface area contributed by atoms with Crippen LogP contribution in [0.4, 0.5) is 0 Å². The molecule has 0 spiro atoms. The lowest BCUT2D eigenvalue weighted by molar-refractivity contribution is 0.0374. The molecule has 2 N–H and O–H groups in total. The van der Waals surface area contributed by atoms with E-state index >= 15 is 0 Å². The molecule has 1 aromatic rings. The molecule has 6 heteroatoms. The van der Waals surface area contributed by atoms with Gasteiger partial charge in [-0.25, -0.2) is 0 Å². The van der Waals surface area contributed by atoms with Crippen LogP contribution in [0.1, 0.15) is 37.7 Å². The van der Waals surface area contributed by atoms with Gasteiger partial charge >= 0.3 is 0 Å². The zero-order chi connectivity index (χ0) is 20.2. The highest BCUT2D eigenvalue weighted by molar-refractivity contribution is 5.28. The first kappa shape index (κ1) is 22.5. The molecule has 3 rings (SSSR count). The molecule has 2 aliphatic rings. The Morgan fingerprint density at radius 2 is 1.83 bits per heavy atom. The molecule has 0 bridgehead atoms. The van der Waals surface area contributed by atoms with Crippen molar-refractivity contribution >= 4 is 0 Å². The van der Waals surface area contributed by atoms with Gasteiger partial charge in [-0.3, -0.25) is 4.90 Å². The standard InChI is InChI=1S/C23H39N3O3/c27-22(19-26-10-3-1-2-4-11-26)20-29-23-8-5-7-21(17-23)18-24-9-6-12-25-13-15-28-16-14-25/h5,7-8,17,22,24,27H,1-4,6,9-16,18-20H2/t22-/m0/s1. The van der Waals surface area contributed by atoms with Gasteiger partial charge in [-0.05, 0) is 63.1 Å². The number of nitrogens with one attached hydrogen (secondary N) is 1. The van der Waals surface area contributed by atoms with Gasteiger partial charge < -0.3 is 24.8 Å². The first-order chi connectivity index (χ1) is 14.3. The number of ether oxygens (including phenoxy) is 2. The highest BCUT2D eigenvalue weighted by atomic mass is 16.5. The van der Waals surface area contributed by atoms with Crippen LogP contribution in [0.15, 0.2) is 24.3 Å². The van der Waals surface area contributed by atoms with Crippen LogP contribution in [-0.4, -0.2) is 86.6 Å². The summed E-state index contributed by atoms with van der Waals surface area (Å²) in [4.78, 5) is 4.84. The number of aliphatic hydroxyl groups is 1. The summed E-state index contributed by atoms with van der Waals surface area (Å²) in [6.45, 7) is 10.1. The van der Waals surface area contributed by atoms with E-state index in [1.807, 2.05) is 12.1 Å². The van der Waals surface area contributed by atoms with E-state index in [9.17, 15) is 5.11 Å². The molecule has 2 aliphatic heterocycles. The first-order valence-corrected chi connectivity index (χ1v) is 11.4. The maximum atomic E-state index is 10.3. The molecule has 164 valence electrons. The third-order valence-electron chi connectivity index (χ3n) is 5.77. The van der Waals surface area contributed by atoms with Crippen molar-refractivity contribution in [2.24, 2.45) is 0 Å². The van der Waals surface area contributed by atoms with Gasteiger partial charge in [-0.1, -0.05) is 25.0 Å². The molecule has 0 unspecified atom stereocenters. The SMILES string of the molecule is O[C@H](COc1cccc(CNCCCN2CCOCC2)c1)CN1CCCCCC1. The van der Waals surface area contributed by atoms with Crippen molar-refractivity contribution in [3.63, 3.8) is 0 Å². The van der Waals surface area contributed by atoms with E-state index < -0.39 is 6.10 Å². The zero-order valence-corrected chi connectivity index (χ0v) is 17.9. The van der Waals surface area contributed by atoms with Crippen molar-refractivity contribution in [2.75, 3.05) is 65.6 Å². The van der Waals surface area contributed by atoms with Crippen molar-refractivity contribution < 1.29 is 14.6 Å². The molecule has 0 saturated carbocycles. The lowest BCUT2D eigenvalue weighted by atomic mass is 10.2. The topological polar surface area (TPSA) is 57.2 Å². The summed E-state index contributed by atoms with van der Waals surface area (Å²) in [5, 5.41) is 13.9. The van der Waals surface area contributed by atoms with E-state index in [1.54, 1.807) is 0 Å². The van der Waals surface area contributed by atoms with Crippen LogP contribution in [0.2, 0.25) is 0 Å². The monoisotopic (exact) mass is 405 g/mol. The summed E-state index contributed by atoms with van der Waals surface area (Å²) >= 11 is 0. The summed E-state index contributed by atoms with van der Waals surface area (Å²) in [6, 6.07) is 8.20. The smallest absolute Gasteiger partial charge is 0.119 e. The fraction of sp³-hybridized carbons (Fsp3) is 0.739. The number of β-amino-alcohol motifs (C(OH)–C–C–N with tert-alkyl or cyclic N) is 1. The molecule has 1 atom stereocenters. The van der Waals surface area contributed by atoms with Crippen LogP contribution in [0.5, 0.6) is 5.75 Å². The number of hydrogen-bond acceptors (Lipinski definition) is 6. The molecule has 0 radical (unpaired) electrons. The molecule has 2 heterocycles. The van der Waals surface area contributed by atoms with Crippen molar-refractivity contribution in [1.82, 2.24) is 15.1 Å². The molecule has 2 fully saturated rings. The van der Waals surface area contributed by atoms with Gasteiger partial charge in [0, 0.05) is 26.2 Å². The van der Waals surface area contributed by atoms with Gasteiger partial charge in [-0.2, -0.15) is 0 Å². The van der Waals surface area contributed by atoms with Crippen molar-refractivity contribution in [2.45, 2.75) is 44.8 Å². The van der Waals surface area contributed by atoms with Crippen LogP contribution >= 0.6 is 0 Å². The third kappa shape index (κ3) is 9.01. The molecule has 1 aromatic carbocycles. The van der Waals surface area contributed by atoms with E-state index in [4.69, 9.17) is 9.47 Å². The minimum absolute atomic E-state index is 0.354. The Bertz CT molecular complexity index is 558. The number of nitrogens with zero attached hydrogens (tertiary/aromatic N) is 2. The minimum atomic E-state index is -0.435. The van der Waals surface area contributed by atoms with Crippen molar-refractivity contribution in [3.05, 3.63) is 29.8 Å². The highest BCUT2D eigenvalue weighted by Gasteiger charge is 2.14. The molecule has 0 amide bonds. The van der Waals surface area contributed by atoms with E-state index in [0.717, 1.165) is 71.2 Å². The normalized spacial score (nSPS) is 20.3. The summed E-state index contributed by atoms with van der Waals surface area (Å²) < 4.78 is 11.3. The summed E-state index contributed by atoms with van der Waals surface area (Å²) in [6.07, 6.45) is 5.84. The Morgan fingerprint density at radius 3 is 2.62 bits per heavy atom. The molecule has 0 aliphatic carbocycles. The minimum Gasteiger partial charge on any atom is -0.491 e. The lowest BCUT2D eigenvalue weighted by Gasteiger charge is -2.26. The molecule has 6 nitrogen and oxygen atoms in total. The van der Waals surface area contributed by atoms with Crippen molar-refractivity contribution in [3.8, 4) is 5.75 Å². The average molecular weight is 406 g/mol. The molecular weight excluding hydrogens is 366 g/mol. The predicted octanol–water partition coefficient (Wildman–Crippen LogP) is 2.11. The zero-order valence-electron chi connectivity index (χ0n) is 17.9. The maximum Gasteiger partial charge on any atom is 0.119 e. The van der Waals surface area contributed by atoms with Gasteiger partial charge in [0.25, 0.3) is 0 Å². The summed E-state index contributed by atoms with van der Waals surface area (Å²) in [7, 11) is 0. The number of rotatable bonds is 11. The fourth-order valence-corrected chi connectivity index (χ4v) is 4.09. The predicted molar refractivity (Wildman–Crippen MR) is 116 cm³/mol. The second kappa shape index (κ2) is 13.2. The largest absolute Gasteiger partial charge is 0.491 e. The third-order valence-corrected chi connectivity index (χ3v) is 5.77. The molecule has 2 saturated heterocycles. The number of benzene rings is 1. The second-order valence-electron chi connectivity index (χ2n) is 8.31. The van der Waals surface area contributed by atoms with Crippen molar-refractivity contribution in [1.29, 1.82) is 0 Å². The Hall–Kier alpha value is -1.18. The Kier molecular flexibility index (Phi) is 10.2. The Morgan fingerprint density at radius 1 is 1.03 bits per heavy atom. The van der Waals surface area contributed by atoms with Gasteiger partial charge in [0.2, 0.25) is 0 Å². The highest BCUT2D eigenvalue weighted by Crippen LogP contribution is 2.14. The molecule has 29 heavy (non-hydrogen) atoms. The summed E-state index contributed by atoms with van der Waals surface area (Å²) in [5.41, 5.74) is 1.22. The molecular formula is C23H39N3O3. The van der Waals surface area contributed by atoms with E-state index in [-0.39, 0.29) is 0 Å².